The first-order valence-corrected chi connectivity index (χ1v) is 8.39. The Bertz CT molecular complexity index is 901. The Kier molecular flexibility index (Phi) is 5.31. The van der Waals surface area contributed by atoms with Gasteiger partial charge in [-0.05, 0) is 56.2 Å². The number of methoxy groups -OCH3 is 1. The largest absolute Gasteiger partial charge is 0.496 e. The number of carbonyl (C=O) groups is 1. The summed E-state index contributed by atoms with van der Waals surface area (Å²) in [6, 6.07) is 13.1. The van der Waals surface area contributed by atoms with E-state index in [4.69, 9.17) is 9.26 Å². The third-order valence-corrected chi connectivity index (χ3v) is 4.04. The molecule has 0 saturated heterocycles. The molecule has 6 nitrogen and oxygen atoms in total. The molecule has 134 valence electrons. The van der Waals surface area contributed by atoms with E-state index in [0.717, 1.165) is 16.9 Å². The van der Waals surface area contributed by atoms with Crippen molar-refractivity contribution in [3.8, 4) is 17.2 Å². The molecule has 0 fully saturated rings. The summed E-state index contributed by atoms with van der Waals surface area (Å²) in [6.45, 7) is 4.33. The third kappa shape index (κ3) is 4.08. The molecule has 0 saturated carbocycles. The molecule has 0 aliphatic carbocycles. The molecule has 3 rings (SSSR count). The molecule has 6 heteroatoms. The third-order valence-electron chi connectivity index (χ3n) is 4.04. The van der Waals surface area contributed by atoms with Gasteiger partial charge in [-0.2, -0.15) is 4.98 Å². The van der Waals surface area contributed by atoms with Crippen LogP contribution in [0.15, 0.2) is 47.0 Å². The first kappa shape index (κ1) is 17.7. The van der Waals surface area contributed by atoms with Crippen LogP contribution in [0.2, 0.25) is 0 Å². The Morgan fingerprint density at radius 2 is 1.92 bits per heavy atom. The zero-order valence-electron chi connectivity index (χ0n) is 15.1. The number of hydrogen-bond acceptors (Lipinski definition) is 5. The second kappa shape index (κ2) is 7.82. The maximum atomic E-state index is 12.3. The normalized spacial score (nSPS) is 10.6. The Balaban J connectivity index is 1.59. The molecule has 0 radical (unpaired) electrons. The molecule has 0 bridgehead atoms. The van der Waals surface area contributed by atoms with Gasteiger partial charge in [-0.3, -0.25) is 4.79 Å². The van der Waals surface area contributed by atoms with Crippen molar-refractivity contribution in [2.75, 3.05) is 13.7 Å². The molecular weight excluding hydrogens is 330 g/mol. The lowest BCUT2D eigenvalue weighted by molar-refractivity contribution is 0.0954. The van der Waals surface area contributed by atoms with Crippen molar-refractivity contribution in [3.63, 3.8) is 0 Å². The first-order valence-electron chi connectivity index (χ1n) is 8.39. The summed E-state index contributed by atoms with van der Waals surface area (Å²) >= 11 is 0. The summed E-state index contributed by atoms with van der Waals surface area (Å²) in [4.78, 5) is 16.5. The van der Waals surface area contributed by atoms with Gasteiger partial charge in [-0.15, -0.1) is 0 Å². The number of benzene rings is 2. The second-order valence-corrected chi connectivity index (χ2v) is 6.05. The quantitative estimate of drug-likeness (QED) is 0.737. The Morgan fingerprint density at radius 1 is 1.15 bits per heavy atom. The highest BCUT2D eigenvalue weighted by molar-refractivity contribution is 5.94. The van der Waals surface area contributed by atoms with Gasteiger partial charge in [-0.1, -0.05) is 22.9 Å². The van der Waals surface area contributed by atoms with E-state index in [9.17, 15) is 4.79 Å². The van der Waals surface area contributed by atoms with Crippen LogP contribution < -0.4 is 10.1 Å². The molecule has 1 amide bonds. The van der Waals surface area contributed by atoms with Crippen LogP contribution in [0, 0.1) is 13.8 Å². The highest BCUT2D eigenvalue weighted by Gasteiger charge is 2.10. The fourth-order valence-corrected chi connectivity index (χ4v) is 2.69. The van der Waals surface area contributed by atoms with Gasteiger partial charge in [-0.25, -0.2) is 0 Å². The number of aryl methyl sites for hydroxylation is 2. The highest BCUT2D eigenvalue weighted by atomic mass is 16.5. The molecule has 2 aromatic carbocycles. The van der Waals surface area contributed by atoms with E-state index in [0.29, 0.717) is 30.2 Å². The molecule has 26 heavy (non-hydrogen) atoms. The van der Waals surface area contributed by atoms with Crippen molar-refractivity contribution < 1.29 is 14.1 Å². The van der Waals surface area contributed by atoms with Gasteiger partial charge in [0.15, 0.2) is 5.82 Å². The minimum Gasteiger partial charge on any atom is -0.496 e. The smallest absolute Gasteiger partial charge is 0.257 e. The molecule has 0 spiro atoms. The van der Waals surface area contributed by atoms with Crippen molar-refractivity contribution in [2.45, 2.75) is 20.3 Å². The number of nitrogens with one attached hydrogen (secondary N) is 1. The number of ether oxygens (including phenoxy) is 1. The van der Waals surface area contributed by atoms with E-state index in [2.05, 4.69) is 21.5 Å². The van der Waals surface area contributed by atoms with Crippen molar-refractivity contribution in [1.82, 2.24) is 15.5 Å². The van der Waals surface area contributed by atoms with E-state index in [1.54, 1.807) is 38.3 Å². The number of hydrogen-bond donors (Lipinski definition) is 1. The fraction of sp³-hybridized carbons (Fsp3) is 0.250. The zero-order valence-corrected chi connectivity index (χ0v) is 15.1. The van der Waals surface area contributed by atoms with Crippen molar-refractivity contribution in [2.24, 2.45) is 0 Å². The molecule has 3 aromatic rings. The van der Waals surface area contributed by atoms with E-state index in [1.807, 2.05) is 19.1 Å². The van der Waals surface area contributed by atoms with Gasteiger partial charge < -0.3 is 14.6 Å². The van der Waals surface area contributed by atoms with E-state index in [1.165, 1.54) is 5.56 Å². The van der Waals surface area contributed by atoms with Gasteiger partial charge in [0, 0.05) is 17.7 Å². The van der Waals surface area contributed by atoms with Crippen LogP contribution in [-0.2, 0) is 6.42 Å². The van der Waals surface area contributed by atoms with Crippen molar-refractivity contribution >= 4 is 5.91 Å². The summed E-state index contributed by atoms with van der Waals surface area (Å²) in [5.74, 6) is 1.74. The lowest BCUT2D eigenvalue weighted by atomic mass is 10.1. The highest BCUT2D eigenvalue weighted by Crippen LogP contribution is 2.20. The van der Waals surface area contributed by atoms with Crippen LogP contribution in [0.1, 0.15) is 27.3 Å². The molecule has 0 unspecified atom stereocenters. The van der Waals surface area contributed by atoms with Gasteiger partial charge in [0.2, 0.25) is 0 Å². The number of amides is 1. The summed E-state index contributed by atoms with van der Waals surface area (Å²) in [5.41, 5.74) is 3.61. The van der Waals surface area contributed by atoms with Crippen LogP contribution in [0.5, 0.6) is 5.75 Å². The molecule has 0 aliphatic heterocycles. The maximum absolute atomic E-state index is 12.3. The monoisotopic (exact) mass is 351 g/mol. The molecule has 0 atom stereocenters. The number of aromatic nitrogens is 2. The zero-order chi connectivity index (χ0) is 18.5. The molecule has 1 aromatic heterocycles. The van der Waals surface area contributed by atoms with E-state index in [-0.39, 0.29) is 5.91 Å². The molecule has 0 aliphatic rings. The summed E-state index contributed by atoms with van der Waals surface area (Å²) in [6.07, 6.45) is 0.704. The first-order chi connectivity index (χ1) is 12.6. The van der Waals surface area contributed by atoms with Crippen LogP contribution in [0.25, 0.3) is 11.5 Å². The summed E-state index contributed by atoms with van der Waals surface area (Å²) < 4.78 is 10.5. The second-order valence-electron chi connectivity index (χ2n) is 6.05. The number of nitrogens with zero attached hydrogens (tertiary/aromatic N) is 2. The van der Waals surface area contributed by atoms with Crippen LogP contribution in [0.3, 0.4) is 0 Å². The Labute approximate surface area is 152 Å². The predicted molar refractivity (Wildman–Crippen MR) is 98.2 cm³/mol. The summed E-state index contributed by atoms with van der Waals surface area (Å²) in [5, 5.41) is 6.70. The number of carbonyl (C=O) groups excluding carboxylic acids is 1. The average molecular weight is 351 g/mol. The summed E-state index contributed by atoms with van der Waals surface area (Å²) in [7, 11) is 1.65. The van der Waals surface area contributed by atoms with Gasteiger partial charge in [0.1, 0.15) is 5.75 Å². The standard InChI is InChI=1S/C20H21N3O3/c1-13-4-9-18(25-3)17(12-13)10-11-21-19(24)15-5-7-16(8-6-15)20-22-14(2)23-26-20/h4-9,12H,10-11H2,1-3H3,(H,21,24). The van der Waals surface area contributed by atoms with Crippen molar-refractivity contribution in [3.05, 3.63) is 65.0 Å². The average Bonchev–Trinajstić information content (AvgIpc) is 3.08. The number of rotatable bonds is 6. The lowest BCUT2D eigenvalue weighted by Gasteiger charge is -2.10. The lowest BCUT2D eigenvalue weighted by Crippen LogP contribution is -2.25. The minimum atomic E-state index is -0.120. The fourth-order valence-electron chi connectivity index (χ4n) is 2.69. The Morgan fingerprint density at radius 3 is 2.58 bits per heavy atom. The van der Waals surface area contributed by atoms with Gasteiger partial charge in [0.05, 0.1) is 7.11 Å². The van der Waals surface area contributed by atoms with Crippen LogP contribution in [-0.4, -0.2) is 29.7 Å². The predicted octanol–water partition coefficient (Wildman–Crippen LogP) is 3.33. The SMILES string of the molecule is COc1ccc(C)cc1CCNC(=O)c1ccc(-c2nc(C)no2)cc1. The van der Waals surface area contributed by atoms with E-state index < -0.39 is 0 Å². The van der Waals surface area contributed by atoms with Crippen molar-refractivity contribution in [1.29, 1.82) is 0 Å². The van der Waals surface area contributed by atoms with Gasteiger partial charge >= 0.3 is 0 Å². The Hall–Kier alpha value is -3.15. The molecular formula is C20H21N3O3. The van der Waals surface area contributed by atoms with Gasteiger partial charge in [0.25, 0.3) is 11.8 Å². The maximum Gasteiger partial charge on any atom is 0.257 e. The van der Waals surface area contributed by atoms with E-state index >= 15 is 0 Å². The topological polar surface area (TPSA) is 77.2 Å². The van der Waals surface area contributed by atoms with Crippen LogP contribution >= 0.6 is 0 Å². The van der Waals surface area contributed by atoms with Crippen LogP contribution in [0.4, 0.5) is 0 Å². The molecule has 1 heterocycles. The molecule has 1 N–H and O–H groups in total. The minimum absolute atomic E-state index is 0.120.